The zero-order valence-electron chi connectivity index (χ0n) is 10.5. The quantitative estimate of drug-likeness (QED) is 0.775. The molecule has 0 unspecified atom stereocenters. The molecule has 0 saturated heterocycles. The van der Waals surface area contributed by atoms with Gasteiger partial charge < -0.3 is 9.72 Å². The number of halogens is 1. The molecule has 0 radical (unpaired) electrons. The van der Waals surface area contributed by atoms with E-state index in [1.807, 2.05) is 0 Å². The lowest BCUT2D eigenvalue weighted by Gasteiger charge is -1.95. The van der Waals surface area contributed by atoms with E-state index in [1.165, 1.54) is 13.0 Å². The van der Waals surface area contributed by atoms with Gasteiger partial charge in [0.2, 0.25) is 0 Å². The molecule has 0 aliphatic heterocycles. The largest absolute Gasteiger partial charge is 0.466 e. The smallest absolute Gasteiger partial charge is 0.326 e. The molecular weight excluding hydrogens is 272 g/mol. The van der Waals surface area contributed by atoms with E-state index in [2.05, 4.69) is 14.7 Å². The molecule has 0 fully saturated rings. The Morgan fingerprint density at radius 1 is 1.32 bits per heavy atom. The highest BCUT2D eigenvalue weighted by Crippen LogP contribution is 2.12. The molecule has 0 saturated carbocycles. The summed E-state index contributed by atoms with van der Waals surface area (Å²) < 4.78 is 4.40. The van der Waals surface area contributed by atoms with Gasteiger partial charge >= 0.3 is 11.7 Å². The summed E-state index contributed by atoms with van der Waals surface area (Å²) in [4.78, 5) is 36.5. The predicted molar refractivity (Wildman–Crippen MR) is 72.5 cm³/mol. The van der Waals surface area contributed by atoms with Gasteiger partial charge in [-0.3, -0.25) is 14.6 Å². The molecule has 0 bridgehead atoms. The summed E-state index contributed by atoms with van der Waals surface area (Å²) in [5.74, 6) is -0.211. The summed E-state index contributed by atoms with van der Waals surface area (Å²) in [5, 5.41) is 0.901. The number of esters is 1. The summed E-state index contributed by atoms with van der Waals surface area (Å²) >= 11 is 5.69. The van der Waals surface area contributed by atoms with E-state index in [-0.39, 0.29) is 5.97 Å². The first kappa shape index (κ1) is 15.0. The van der Waals surface area contributed by atoms with Crippen LogP contribution in [0.5, 0.6) is 0 Å². The second-order valence-electron chi connectivity index (χ2n) is 3.52. The molecule has 1 aromatic heterocycles. The normalized spacial score (nSPS) is 9.63. The van der Waals surface area contributed by atoms with Crippen LogP contribution in [0.3, 0.4) is 0 Å². The van der Waals surface area contributed by atoms with Gasteiger partial charge in [0.1, 0.15) is 0 Å². The van der Waals surface area contributed by atoms with Crippen LogP contribution in [-0.2, 0) is 9.53 Å². The Morgan fingerprint density at radius 3 is 2.53 bits per heavy atom. The van der Waals surface area contributed by atoms with Crippen molar-refractivity contribution in [1.29, 1.82) is 0 Å². The van der Waals surface area contributed by atoms with Crippen molar-refractivity contribution in [1.82, 2.24) is 9.97 Å². The molecule has 0 amide bonds. The Balaban J connectivity index is 0.000000258. The fraction of sp³-hybridized carbons (Fsp3) is 0.250. The second kappa shape index (κ2) is 6.75. The van der Waals surface area contributed by atoms with Gasteiger partial charge in [-0.15, -0.1) is 0 Å². The number of benzene rings is 1. The third kappa shape index (κ3) is 4.59. The lowest BCUT2D eigenvalue weighted by molar-refractivity contribution is -0.140. The number of hydrogen-bond acceptors (Lipinski definition) is 4. The first-order valence-electron chi connectivity index (χ1n) is 5.49. The molecule has 0 aliphatic carbocycles. The maximum atomic E-state index is 11.2. The molecule has 0 spiro atoms. The van der Waals surface area contributed by atoms with Crippen molar-refractivity contribution in [3.8, 4) is 0 Å². The minimum Gasteiger partial charge on any atom is -0.466 e. The molecular formula is C12H13ClN2O4. The lowest BCUT2D eigenvalue weighted by atomic mass is 10.2. The summed E-state index contributed by atoms with van der Waals surface area (Å²) in [7, 11) is 0. The van der Waals surface area contributed by atoms with E-state index in [9.17, 15) is 14.4 Å². The first-order valence-corrected chi connectivity index (χ1v) is 5.87. The van der Waals surface area contributed by atoms with Crippen LogP contribution >= 0.6 is 11.6 Å². The SMILES string of the molecule is CCOC(C)=O.O=c1[nH]c(=O)c2ccc(Cl)cc2[nH]1. The van der Waals surface area contributed by atoms with Crippen molar-refractivity contribution in [2.24, 2.45) is 0 Å². The van der Waals surface area contributed by atoms with Crippen LogP contribution in [0.25, 0.3) is 10.9 Å². The van der Waals surface area contributed by atoms with Crippen molar-refractivity contribution in [2.75, 3.05) is 6.61 Å². The molecule has 1 aromatic carbocycles. The third-order valence-electron chi connectivity index (χ3n) is 2.05. The topological polar surface area (TPSA) is 92.0 Å². The number of carbonyl (C=O) groups is 1. The molecule has 7 heteroatoms. The molecule has 2 N–H and O–H groups in total. The Hall–Kier alpha value is -2.08. The van der Waals surface area contributed by atoms with Gasteiger partial charge in [-0.2, -0.15) is 0 Å². The number of aromatic nitrogens is 2. The van der Waals surface area contributed by atoms with E-state index in [0.29, 0.717) is 22.5 Å². The summed E-state index contributed by atoms with van der Waals surface area (Å²) in [6, 6.07) is 4.69. The standard InChI is InChI=1S/C8H5ClN2O2.C4H8O2/c9-4-1-2-5-6(3-4)10-8(13)11-7(5)12;1-3-6-4(2)5/h1-3H,(H2,10,11,12,13);3H2,1-2H3. The molecule has 102 valence electrons. The van der Waals surface area contributed by atoms with Crippen LogP contribution in [0.4, 0.5) is 0 Å². The molecule has 2 aromatic rings. The zero-order chi connectivity index (χ0) is 14.4. The fourth-order valence-electron chi connectivity index (χ4n) is 1.35. The van der Waals surface area contributed by atoms with Crippen LogP contribution in [-0.4, -0.2) is 22.5 Å². The molecule has 19 heavy (non-hydrogen) atoms. The predicted octanol–water partition coefficient (Wildman–Crippen LogP) is 1.44. The van der Waals surface area contributed by atoms with E-state index >= 15 is 0 Å². The number of aromatic amines is 2. The van der Waals surface area contributed by atoms with Gasteiger partial charge in [0.25, 0.3) is 5.56 Å². The molecule has 6 nitrogen and oxygen atoms in total. The summed E-state index contributed by atoms with van der Waals surface area (Å²) in [6.07, 6.45) is 0. The Morgan fingerprint density at radius 2 is 2.00 bits per heavy atom. The van der Waals surface area contributed by atoms with Crippen molar-refractivity contribution < 1.29 is 9.53 Å². The monoisotopic (exact) mass is 284 g/mol. The van der Waals surface area contributed by atoms with E-state index < -0.39 is 11.2 Å². The molecule has 0 aliphatic rings. The van der Waals surface area contributed by atoms with Crippen LogP contribution in [0.15, 0.2) is 27.8 Å². The summed E-state index contributed by atoms with van der Waals surface area (Å²) in [5.41, 5.74) is -0.489. The van der Waals surface area contributed by atoms with Gasteiger partial charge in [-0.25, -0.2) is 4.79 Å². The van der Waals surface area contributed by atoms with Gasteiger partial charge in [0.05, 0.1) is 17.5 Å². The Kier molecular flexibility index (Phi) is 5.32. The highest BCUT2D eigenvalue weighted by molar-refractivity contribution is 6.31. The Labute approximate surface area is 113 Å². The average molecular weight is 285 g/mol. The molecule has 0 atom stereocenters. The summed E-state index contributed by atoms with van der Waals surface area (Å²) in [6.45, 7) is 3.65. The van der Waals surface area contributed by atoms with Crippen LogP contribution in [0.1, 0.15) is 13.8 Å². The van der Waals surface area contributed by atoms with Gasteiger partial charge in [0.15, 0.2) is 0 Å². The molecule has 2 rings (SSSR count). The molecule has 1 heterocycles. The minimum absolute atomic E-state index is 0.211. The van der Waals surface area contributed by atoms with E-state index in [1.54, 1.807) is 19.1 Å². The zero-order valence-corrected chi connectivity index (χ0v) is 11.2. The van der Waals surface area contributed by atoms with E-state index in [4.69, 9.17) is 11.6 Å². The van der Waals surface area contributed by atoms with E-state index in [0.717, 1.165) is 0 Å². The van der Waals surface area contributed by atoms with Gasteiger partial charge in [-0.1, -0.05) is 11.6 Å². The van der Waals surface area contributed by atoms with Crippen LogP contribution in [0.2, 0.25) is 5.02 Å². The number of fused-ring (bicyclic) bond motifs is 1. The van der Waals surface area contributed by atoms with Gasteiger partial charge in [-0.05, 0) is 25.1 Å². The third-order valence-corrected chi connectivity index (χ3v) is 2.28. The number of nitrogens with one attached hydrogen (secondary N) is 2. The maximum absolute atomic E-state index is 11.2. The number of carbonyl (C=O) groups excluding carboxylic acids is 1. The van der Waals surface area contributed by atoms with Crippen molar-refractivity contribution in [2.45, 2.75) is 13.8 Å². The number of hydrogen-bond donors (Lipinski definition) is 2. The highest BCUT2D eigenvalue weighted by atomic mass is 35.5. The lowest BCUT2D eigenvalue weighted by Crippen LogP contribution is -2.21. The van der Waals surface area contributed by atoms with Crippen molar-refractivity contribution in [3.05, 3.63) is 44.1 Å². The van der Waals surface area contributed by atoms with Gasteiger partial charge in [0, 0.05) is 11.9 Å². The maximum Gasteiger partial charge on any atom is 0.326 e. The average Bonchev–Trinajstić information content (AvgIpc) is 2.28. The number of H-pyrrole nitrogens is 2. The van der Waals surface area contributed by atoms with Crippen LogP contribution in [0, 0.1) is 0 Å². The Bertz CT molecular complexity index is 690. The fourth-order valence-corrected chi connectivity index (χ4v) is 1.52. The van der Waals surface area contributed by atoms with Crippen molar-refractivity contribution >= 4 is 28.5 Å². The second-order valence-corrected chi connectivity index (χ2v) is 3.96. The van der Waals surface area contributed by atoms with Crippen LogP contribution < -0.4 is 11.2 Å². The minimum atomic E-state index is -0.528. The van der Waals surface area contributed by atoms with Crippen molar-refractivity contribution in [3.63, 3.8) is 0 Å². The number of ether oxygens (including phenoxy) is 1. The number of rotatable bonds is 1. The first-order chi connectivity index (χ1) is 8.93. The highest BCUT2D eigenvalue weighted by Gasteiger charge is 1.99.